The number of carbonyl (C=O) groups is 2. The normalized spacial score (nSPS) is 15.5. The molecule has 0 radical (unpaired) electrons. The zero-order valence-electron chi connectivity index (χ0n) is 15.3. The lowest BCUT2D eigenvalue weighted by atomic mass is 10.1. The van der Waals surface area contributed by atoms with Gasteiger partial charge in [-0.1, -0.05) is 12.5 Å². The highest BCUT2D eigenvalue weighted by Crippen LogP contribution is 2.24. The second-order valence-corrected chi connectivity index (χ2v) is 8.16. The summed E-state index contributed by atoms with van der Waals surface area (Å²) in [6.07, 6.45) is 2.82. The van der Waals surface area contributed by atoms with E-state index < -0.39 is 15.9 Å². The first kappa shape index (κ1) is 20.4. The summed E-state index contributed by atoms with van der Waals surface area (Å²) in [5.74, 6) is -0.797. The van der Waals surface area contributed by atoms with Gasteiger partial charge >= 0.3 is 5.97 Å². The summed E-state index contributed by atoms with van der Waals surface area (Å²) in [5, 5.41) is 2.62. The Kier molecular flexibility index (Phi) is 7.16. The lowest BCUT2D eigenvalue weighted by molar-refractivity contribution is -0.142. The third-order valence-corrected chi connectivity index (χ3v) is 6.34. The first-order valence-electron chi connectivity index (χ1n) is 8.91. The molecule has 0 aromatic heterocycles. The van der Waals surface area contributed by atoms with E-state index in [4.69, 9.17) is 4.74 Å². The smallest absolute Gasteiger partial charge is 0.307 e. The highest BCUT2D eigenvalue weighted by molar-refractivity contribution is 7.89. The summed E-state index contributed by atoms with van der Waals surface area (Å²) < 4.78 is 32.1. The SMILES string of the molecule is CCOC(=O)CCNC(=O)c1ccc(C)c(S(=O)(=O)N2CCCCC2)c1. The Balaban J connectivity index is 2.11. The van der Waals surface area contributed by atoms with Crippen molar-refractivity contribution in [3.63, 3.8) is 0 Å². The molecule has 1 amide bonds. The maximum absolute atomic E-state index is 12.9. The fraction of sp³-hybridized carbons (Fsp3) is 0.556. The van der Waals surface area contributed by atoms with Gasteiger partial charge in [-0.15, -0.1) is 0 Å². The van der Waals surface area contributed by atoms with Crippen molar-refractivity contribution in [2.45, 2.75) is 44.4 Å². The van der Waals surface area contributed by atoms with Gasteiger partial charge in [-0.05, 0) is 44.4 Å². The molecule has 1 aromatic carbocycles. The van der Waals surface area contributed by atoms with Crippen molar-refractivity contribution in [1.29, 1.82) is 0 Å². The largest absolute Gasteiger partial charge is 0.466 e. The monoisotopic (exact) mass is 382 g/mol. The maximum Gasteiger partial charge on any atom is 0.307 e. The minimum atomic E-state index is -3.61. The zero-order chi connectivity index (χ0) is 19.2. The fourth-order valence-corrected chi connectivity index (χ4v) is 4.64. The number of rotatable bonds is 7. The van der Waals surface area contributed by atoms with E-state index in [1.807, 2.05) is 0 Å². The Morgan fingerprint density at radius 2 is 1.88 bits per heavy atom. The highest BCUT2D eigenvalue weighted by atomic mass is 32.2. The number of piperidine rings is 1. The third-order valence-electron chi connectivity index (χ3n) is 4.30. The van der Waals surface area contributed by atoms with E-state index in [0.29, 0.717) is 25.3 Å². The van der Waals surface area contributed by atoms with E-state index in [-0.39, 0.29) is 29.4 Å². The van der Waals surface area contributed by atoms with Gasteiger partial charge in [0, 0.05) is 25.2 Å². The van der Waals surface area contributed by atoms with Crippen LogP contribution in [0.3, 0.4) is 0 Å². The zero-order valence-corrected chi connectivity index (χ0v) is 16.1. The molecule has 0 unspecified atom stereocenters. The van der Waals surface area contributed by atoms with Crippen molar-refractivity contribution in [2.24, 2.45) is 0 Å². The van der Waals surface area contributed by atoms with Crippen molar-refractivity contribution >= 4 is 21.9 Å². The van der Waals surface area contributed by atoms with Crippen molar-refractivity contribution in [3.8, 4) is 0 Å². The predicted octanol–water partition coefficient (Wildman–Crippen LogP) is 1.85. The van der Waals surface area contributed by atoms with Gasteiger partial charge in [-0.2, -0.15) is 4.31 Å². The van der Waals surface area contributed by atoms with Crippen LogP contribution in [-0.4, -0.2) is 50.8 Å². The summed E-state index contributed by atoms with van der Waals surface area (Å²) in [6, 6.07) is 4.64. The minimum absolute atomic E-state index is 0.0738. The molecule has 0 saturated carbocycles. The lowest BCUT2D eigenvalue weighted by Crippen LogP contribution is -2.36. The molecule has 0 spiro atoms. The number of esters is 1. The number of amides is 1. The second kappa shape index (κ2) is 9.14. The van der Waals surface area contributed by atoms with Crippen LogP contribution in [0.25, 0.3) is 0 Å². The van der Waals surface area contributed by atoms with Gasteiger partial charge in [0.25, 0.3) is 5.91 Å². The minimum Gasteiger partial charge on any atom is -0.466 e. The van der Waals surface area contributed by atoms with Crippen LogP contribution in [0.1, 0.15) is 48.5 Å². The first-order chi connectivity index (χ1) is 12.4. The van der Waals surface area contributed by atoms with Gasteiger partial charge in [0.1, 0.15) is 0 Å². The Hall–Kier alpha value is -1.93. The van der Waals surface area contributed by atoms with Crippen LogP contribution in [0.15, 0.2) is 23.1 Å². The molecule has 0 aliphatic carbocycles. The van der Waals surface area contributed by atoms with Crippen LogP contribution in [0.2, 0.25) is 0 Å². The van der Waals surface area contributed by atoms with Gasteiger partial charge in [0.05, 0.1) is 17.9 Å². The number of hydrogen-bond acceptors (Lipinski definition) is 5. The topological polar surface area (TPSA) is 92.8 Å². The fourth-order valence-electron chi connectivity index (χ4n) is 2.88. The van der Waals surface area contributed by atoms with Crippen molar-refractivity contribution in [3.05, 3.63) is 29.3 Å². The maximum atomic E-state index is 12.9. The van der Waals surface area contributed by atoms with Gasteiger partial charge in [-0.25, -0.2) is 8.42 Å². The van der Waals surface area contributed by atoms with Crippen LogP contribution in [0.4, 0.5) is 0 Å². The van der Waals surface area contributed by atoms with Crippen LogP contribution in [-0.2, 0) is 19.6 Å². The van der Waals surface area contributed by atoms with Gasteiger partial charge in [0.2, 0.25) is 10.0 Å². The van der Waals surface area contributed by atoms with Crippen molar-refractivity contribution in [1.82, 2.24) is 9.62 Å². The number of nitrogens with zero attached hydrogens (tertiary/aromatic N) is 1. The highest BCUT2D eigenvalue weighted by Gasteiger charge is 2.28. The summed E-state index contributed by atoms with van der Waals surface area (Å²) in [7, 11) is -3.61. The van der Waals surface area contributed by atoms with E-state index >= 15 is 0 Å². The summed E-state index contributed by atoms with van der Waals surface area (Å²) in [5.41, 5.74) is 0.869. The van der Waals surface area contributed by atoms with Gasteiger partial charge in [0.15, 0.2) is 0 Å². The van der Waals surface area contributed by atoms with E-state index in [2.05, 4.69) is 5.32 Å². The Bertz CT molecular complexity index is 755. The first-order valence-corrected chi connectivity index (χ1v) is 10.3. The van der Waals surface area contributed by atoms with Crippen molar-refractivity contribution in [2.75, 3.05) is 26.2 Å². The average molecular weight is 382 g/mol. The van der Waals surface area contributed by atoms with Crippen LogP contribution >= 0.6 is 0 Å². The molecule has 0 atom stereocenters. The third kappa shape index (κ3) is 5.04. The number of aryl methyl sites for hydroxylation is 1. The molecular formula is C18H26N2O5S. The average Bonchev–Trinajstić information content (AvgIpc) is 2.62. The number of carbonyl (C=O) groups excluding carboxylic acids is 2. The van der Waals surface area contributed by atoms with Crippen molar-refractivity contribution < 1.29 is 22.7 Å². The molecule has 26 heavy (non-hydrogen) atoms. The molecule has 1 fully saturated rings. The van der Waals surface area contributed by atoms with Gasteiger partial charge in [-0.3, -0.25) is 9.59 Å². The molecule has 0 bridgehead atoms. The van der Waals surface area contributed by atoms with E-state index in [1.54, 1.807) is 26.0 Å². The molecule has 1 heterocycles. The molecule has 144 valence electrons. The molecule has 1 saturated heterocycles. The number of nitrogens with one attached hydrogen (secondary N) is 1. The van der Waals surface area contributed by atoms with E-state index in [0.717, 1.165) is 19.3 Å². The summed E-state index contributed by atoms with van der Waals surface area (Å²) in [6.45, 7) is 4.89. The molecule has 7 nitrogen and oxygen atoms in total. The number of hydrogen-bond donors (Lipinski definition) is 1. The molecular weight excluding hydrogens is 356 g/mol. The molecule has 2 rings (SSSR count). The Morgan fingerprint density at radius 1 is 1.19 bits per heavy atom. The molecule has 1 N–H and O–H groups in total. The molecule has 1 aliphatic heterocycles. The van der Waals surface area contributed by atoms with Crippen LogP contribution in [0.5, 0.6) is 0 Å². The lowest BCUT2D eigenvalue weighted by Gasteiger charge is -2.26. The van der Waals surface area contributed by atoms with E-state index in [1.165, 1.54) is 10.4 Å². The standard InChI is InChI=1S/C18H26N2O5S/c1-3-25-17(21)9-10-19-18(22)15-8-7-14(2)16(13-15)26(23,24)20-11-5-4-6-12-20/h7-8,13H,3-6,9-12H2,1-2H3,(H,19,22). The quantitative estimate of drug-likeness (QED) is 0.727. The number of benzene rings is 1. The second-order valence-electron chi connectivity index (χ2n) is 6.26. The van der Waals surface area contributed by atoms with E-state index in [9.17, 15) is 18.0 Å². The van der Waals surface area contributed by atoms with Crippen LogP contribution in [0, 0.1) is 6.92 Å². The summed E-state index contributed by atoms with van der Waals surface area (Å²) in [4.78, 5) is 23.8. The molecule has 1 aliphatic rings. The Morgan fingerprint density at radius 3 is 2.54 bits per heavy atom. The van der Waals surface area contributed by atoms with Gasteiger partial charge < -0.3 is 10.1 Å². The van der Waals surface area contributed by atoms with Crippen LogP contribution < -0.4 is 5.32 Å². The molecule has 8 heteroatoms. The Labute approximate surface area is 154 Å². The number of sulfonamides is 1. The predicted molar refractivity (Wildman–Crippen MR) is 97.4 cm³/mol. The number of ether oxygens (including phenoxy) is 1. The summed E-state index contributed by atoms with van der Waals surface area (Å²) >= 11 is 0. The molecule has 1 aromatic rings.